The minimum absolute atomic E-state index is 0.116. The number of ether oxygens (including phenoxy) is 3. The normalized spacial score (nSPS) is 18.2. The molecule has 6 atom stereocenters. The molecule has 0 saturated carbocycles. The predicted molar refractivity (Wildman–Crippen MR) is 470 cm³/mol. The van der Waals surface area contributed by atoms with Gasteiger partial charge in [0.25, 0.3) is 0 Å². The number of para-hydroxylation sites is 1. The fourth-order valence-electron chi connectivity index (χ4n) is 16.4. The van der Waals surface area contributed by atoms with Crippen molar-refractivity contribution in [3.05, 3.63) is 228 Å². The van der Waals surface area contributed by atoms with Gasteiger partial charge in [-0.15, -0.1) is 0 Å². The van der Waals surface area contributed by atoms with Gasteiger partial charge in [0, 0.05) is 110 Å². The smallest absolute Gasteiger partial charge is 0.227 e. The molecule has 21 rings (SSSR count). The fourth-order valence-corrected chi connectivity index (χ4v) is 16.4. The van der Waals surface area contributed by atoms with Gasteiger partial charge in [-0.05, 0) is 164 Å². The number of carbonyl (C=O) groups is 2. The lowest BCUT2D eigenvalue weighted by molar-refractivity contribution is -0.146. The van der Waals surface area contributed by atoms with Crippen LogP contribution in [0.4, 0.5) is 23.1 Å². The van der Waals surface area contributed by atoms with Crippen LogP contribution in [0.25, 0.3) is 49.9 Å². The van der Waals surface area contributed by atoms with E-state index in [1.165, 1.54) is 6.42 Å². The van der Waals surface area contributed by atoms with Crippen LogP contribution in [-0.2, 0) is 22.4 Å². The Bertz CT molecular complexity index is 5540. The molecule has 618 valence electrons. The zero-order chi connectivity index (χ0) is 85.6. The van der Waals surface area contributed by atoms with Crippen molar-refractivity contribution < 1.29 is 40.5 Å². The average Bonchev–Trinajstić information content (AvgIpc) is 1.23. The molecule has 0 radical (unpaired) electrons. The third kappa shape index (κ3) is 18.8. The Hall–Kier alpha value is -12.2. The van der Waals surface area contributed by atoms with Gasteiger partial charge < -0.3 is 65.1 Å². The van der Waals surface area contributed by atoms with Crippen molar-refractivity contribution in [3.63, 3.8) is 0 Å². The molecule has 6 bridgehead atoms. The van der Waals surface area contributed by atoms with Gasteiger partial charge in [-0.1, -0.05) is 101 Å². The number of aliphatic hydroxyl groups is 3. The first-order chi connectivity index (χ1) is 58.1. The molecular weight excluding hydrogens is 1630 g/mol. The molecule has 0 spiro atoms. The van der Waals surface area contributed by atoms with Gasteiger partial charge in [0.1, 0.15) is 72.7 Å². The fraction of sp³-hybridized carbons (Fsp3) is 0.359. The molecule has 9 aromatic heterocycles. The number of alkyl halides is 1. The highest BCUT2D eigenvalue weighted by Crippen LogP contribution is 2.42. The number of hydrogen-bond donors (Lipinski definition) is 5. The molecule has 9 aliphatic heterocycles. The first kappa shape index (κ1) is 82.8. The molecule has 12 aromatic rings. The number of nitrogens with one attached hydrogen (secondary N) is 1. The Kier molecular flexibility index (Phi) is 24.7. The highest BCUT2D eigenvalue weighted by molar-refractivity contribution is 14.1. The van der Waals surface area contributed by atoms with E-state index < -0.39 is 16.8 Å². The van der Waals surface area contributed by atoms with Crippen LogP contribution < -0.4 is 40.0 Å². The van der Waals surface area contributed by atoms with Gasteiger partial charge in [-0.3, -0.25) is 9.59 Å². The summed E-state index contributed by atoms with van der Waals surface area (Å²) < 4.78 is 29.2. The van der Waals surface area contributed by atoms with Crippen LogP contribution in [-0.4, -0.2) is 198 Å². The average molecular weight is 1730 g/mol. The van der Waals surface area contributed by atoms with E-state index in [0.717, 1.165) is 142 Å². The van der Waals surface area contributed by atoms with Crippen molar-refractivity contribution in [3.8, 4) is 68.8 Å². The summed E-state index contributed by atoms with van der Waals surface area (Å²) in [6.07, 6.45) is 14.3. The van der Waals surface area contributed by atoms with Crippen LogP contribution in [0.3, 0.4) is 0 Å². The van der Waals surface area contributed by atoms with Crippen LogP contribution in [0.1, 0.15) is 107 Å². The second-order valence-corrected chi connectivity index (χ2v) is 33.3. The standard InChI is InChI=1S/2C31H32N6O3.C23H26N6O2.C6H7N.CH3I/c2*1-20-27(40-19-31(2,3)39)13-26(30-23(14-32)16-34-37(20)30)22-9-10-28(33-15-22)35-17-24-12-25(18-35)36(24)29(38)11-21-7-5-4-6-8-21;1-14-20(31-13-23(2,3)30)7-19(22-16(8-24)10-26-29(14)22)15-4-5-21(25-9-15)28-11-17-6-18(12-28)27-17;7-6-4-2-1-3-5-6;1-2/h2*4-10,13,15-16,24-25,39H,11-12,17-19H2,1-3H3;4-5,7,9-10,17-18,27,30H,6,11-13H2,1-3H3;1-5H,7H2;1H3/i;;;;1D. The highest BCUT2D eigenvalue weighted by atomic mass is 127. The van der Waals surface area contributed by atoms with E-state index in [0.29, 0.717) is 74.8 Å². The van der Waals surface area contributed by atoms with Gasteiger partial charge in [-0.25, -0.2) is 28.5 Å². The first-order valence-electron chi connectivity index (χ1n) is 40.8. The van der Waals surface area contributed by atoms with E-state index in [4.69, 9.17) is 36.3 Å². The molecule has 0 aliphatic carbocycles. The third-order valence-corrected chi connectivity index (χ3v) is 22.3. The molecule has 9 aliphatic rings. The number of nitrogens with two attached hydrogens (primary N) is 1. The number of piperazine rings is 3. The Morgan fingerprint density at radius 2 is 0.767 bits per heavy atom. The summed E-state index contributed by atoms with van der Waals surface area (Å²) >= 11 is 1.96. The van der Waals surface area contributed by atoms with Gasteiger partial charge in [-0.2, -0.15) is 31.1 Å². The number of carbonyl (C=O) groups excluding carboxylic acids is 2. The second kappa shape index (κ2) is 35.8. The first-order valence-corrected chi connectivity index (χ1v) is 41.6. The number of rotatable bonds is 19. The number of anilines is 4. The van der Waals surface area contributed by atoms with E-state index in [2.05, 4.69) is 63.3 Å². The van der Waals surface area contributed by atoms with E-state index in [-0.39, 0.29) is 55.8 Å². The van der Waals surface area contributed by atoms with Crippen molar-refractivity contribution in [2.45, 2.75) is 147 Å². The zero-order valence-corrected chi connectivity index (χ0v) is 71.0. The van der Waals surface area contributed by atoms with Crippen LogP contribution in [0.5, 0.6) is 17.2 Å². The number of nitrogen functional groups attached to an aromatic ring is 1. The molecule has 9 saturated heterocycles. The molecule has 6 unspecified atom stereocenters. The van der Waals surface area contributed by atoms with Gasteiger partial charge in [0.2, 0.25) is 11.8 Å². The summed E-state index contributed by atoms with van der Waals surface area (Å²) in [6.45, 7) is 21.2. The van der Waals surface area contributed by atoms with E-state index in [9.17, 15) is 40.7 Å². The number of nitrogens with zero attached hydrogens (tertiary/aromatic N) is 17. The molecule has 27 nitrogen and oxygen atoms in total. The van der Waals surface area contributed by atoms with Gasteiger partial charge in [0.05, 0.1) is 123 Å². The van der Waals surface area contributed by atoms with E-state index in [1.54, 1.807) is 73.7 Å². The minimum Gasteiger partial charge on any atom is -0.489 e. The monoisotopic (exact) mass is 1730 g/mol. The summed E-state index contributed by atoms with van der Waals surface area (Å²) in [6, 6.07) is 55.7. The predicted octanol–water partition coefficient (Wildman–Crippen LogP) is 12.1. The van der Waals surface area contributed by atoms with Crippen LogP contribution >= 0.6 is 22.6 Å². The maximum absolute atomic E-state index is 13.0. The SMILES string of the molecule is Cc1c(OCC(C)(C)O)cc(-c2ccc(N3CC4CC(C3)N4)nc2)c2c(C#N)cnn12.Cc1c(OCC(C)(C)O)cc(-c2ccc(N3CC4CC(C3)N4C(=O)Cc3ccccc3)nc2)c2c(C#N)cnn12.Cc1c(OCC(C)(C)O)cc(-c2ccc(N3CC4CC(C3)N4C(=O)Cc3ccccc3)nc2)c2c(C#N)cnn12.Nc1ccccc1.[2H]CI. The Balaban J connectivity index is 0.000000141. The summed E-state index contributed by atoms with van der Waals surface area (Å²) in [4.78, 5) is 51.6. The van der Waals surface area contributed by atoms with Gasteiger partial charge in [0.15, 0.2) is 0 Å². The number of benzene rings is 3. The highest BCUT2D eigenvalue weighted by Gasteiger charge is 2.49. The minimum atomic E-state index is -0.996. The van der Waals surface area contributed by atoms with Crippen LogP contribution in [0, 0.1) is 54.8 Å². The summed E-state index contributed by atoms with van der Waals surface area (Å²) in [7, 11) is 0. The van der Waals surface area contributed by atoms with Crippen LogP contribution in [0.2, 0.25) is 0 Å². The van der Waals surface area contributed by atoms with Crippen LogP contribution in [0.15, 0.2) is 183 Å². The number of amides is 2. The number of pyridine rings is 6. The Morgan fingerprint density at radius 1 is 0.475 bits per heavy atom. The zero-order valence-electron chi connectivity index (χ0n) is 69.8. The van der Waals surface area contributed by atoms with Gasteiger partial charge >= 0.3 is 0 Å². The lowest BCUT2D eigenvalue weighted by Gasteiger charge is -2.56. The largest absolute Gasteiger partial charge is 0.489 e. The van der Waals surface area contributed by atoms with E-state index in [1.807, 2.05) is 208 Å². The maximum atomic E-state index is 13.0. The third-order valence-electron chi connectivity index (χ3n) is 22.3. The quantitative estimate of drug-likeness (QED) is 0.0285. The molecule has 2 amide bonds. The lowest BCUT2D eigenvalue weighted by atomic mass is 9.86. The molecule has 120 heavy (non-hydrogen) atoms. The Morgan fingerprint density at radius 3 is 1.02 bits per heavy atom. The molecular formula is C92H100IN19O8. The molecule has 9 fully saturated rings. The molecule has 28 heteroatoms. The lowest BCUT2D eigenvalue weighted by Crippen LogP contribution is -2.70. The van der Waals surface area contributed by atoms with Crippen molar-refractivity contribution in [2.24, 2.45) is 0 Å². The molecule has 18 heterocycles. The number of nitriles is 3. The summed E-state index contributed by atoms with van der Waals surface area (Å²) in [5.41, 5.74) is 16.1. The number of fused-ring (bicyclic) bond motifs is 9. The topological polar surface area (TPSA) is 339 Å². The maximum Gasteiger partial charge on any atom is 0.227 e. The summed E-state index contributed by atoms with van der Waals surface area (Å²) in [5.74, 6) is 4.86. The van der Waals surface area contributed by atoms with Crippen molar-refractivity contribution in [1.82, 2.24) is 58.9 Å². The number of aryl methyl sites for hydroxylation is 3. The molecule has 3 aromatic carbocycles. The van der Waals surface area contributed by atoms with Crippen molar-refractivity contribution in [1.29, 1.82) is 15.8 Å². The number of piperidine rings is 3. The van der Waals surface area contributed by atoms with Crippen molar-refractivity contribution in [2.75, 3.05) is 84.4 Å². The van der Waals surface area contributed by atoms with Crippen molar-refractivity contribution >= 4 is 74.1 Å². The van der Waals surface area contributed by atoms with E-state index >= 15 is 0 Å². The summed E-state index contributed by atoms with van der Waals surface area (Å²) in [5, 5.41) is 76.3. The number of hydrogen-bond acceptors (Lipinski definition) is 22. The Labute approximate surface area is 713 Å². The number of aromatic nitrogens is 9. The number of halogens is 1. The molecule has 6 N–H and O–H groups in total. The second-order valence-electron chi connectivity index (χ2n) is 33.3.